The van der Waals surface area contributed by atoms with Crippen LogP contribution in [0.4, 0.5) is 0 Å². The Kier molecular flexibility index (Phi) is 1.79. The number of benzene rings is 1. The van der Waals surface area contributed by atoms with Crippen molar-refractivity contribution in [3.8, 4) is 0 Å². The highest BCUT2D eigenvalue weighted by molar-refractivity contribution is 5.80. The van der Waals surface area contributed by atoms with Crippen molar-refractivity contribution >= 4 is 10.9 Å². The van der Waals surface area contributed by atoms with Gasteiger partial charge in [-0.3, -0.25) is 0 Å². The van der Waals surface area contributed by atoms with Crippen LogP contribution in [0.25, 0.3) is 10.9 Å². The lowest BCUT2D eigenvalue weighted by atomic mass is 9.81. The number of aromatic amines is 1. The van der Waals surface area contributed by atoms with Crippen LogP contribution >= 0.6 is 0 Å². The summed E-state index contributed by atoms with van der Waals surface area (Å²) in [6, 6.07) is 8.22. The van der Waals surface area contributed by atoms with Gasteiger partial charge < -0.3 is 10.1 Å². The van der Waals surface area contributed by atoms with Crippen LogP contribution in [-0.4, -0.2) is 10.1 Å². The summed E-state index contributed by atoms with van der Waals surface area (Å²) in [5, 5.41) is 11.8. The molecule has 0 amide bonds. The van der Waals surface area contributed by atoms with E-state index in [9.17, 15) is 5.11 Å². The van der Waals surface area contributed by atoms with Crippen LogP contribution in [0.1, 0.15) is 32.3 Å². The molecule has 1 aromatic carbocycles. The van der Waals surface area contributed by atoms with Crippen molar-refractivity contribution in [3.63, 3.8) is 0 Å². The van der Waals surface area contributed by atoms with Crippen molar-refractivity contribution in [2.24, 2.45) is 5.41 Å². The summed E-state index contributed by atoms with van der Waals surface area (Å²) in [7, 11) is 0. The highest BCUT2D eigenvalue weighted by Gasteiger charge is 2.53. The van der Waals surface area contributed by atoms with Crippen LogP contribution in [0.15, 0.2) is 30.5 Å². The van der Waals surface area contributed by atoms with Gasteiger partial charge in [0.15, 0.2) is 0 Å². The molecule has 1 aliphatic carbocycles. The molecule has 0 bridgehead atoms. The average molecular weight is 215 g/mol. The Morgan fingerprint density at radius 3 is 2.75 bits per heavy atom. The van der Waals surface area contributed by atoms with Crippen molar-refractivity contribution in [1.29, 1.82) is 0 Å². The minimum absolute atomic E-state index is 0.0665. The molecule has 1 unspecified atom stereocenters. The van der Waals surface area contributed by atoms with Crippen LogP contribution in [0, 0.1) is 5.41 Å². The third kappa shape index (κ3) is 1.23. The van der Waals surface area contributed by atoms with Gasteiger partial charge in [-0.25, -0.2) is 0 Å². The maximum atomic E-state index is 10.7. The standard InChI is InChI=1S/C14H17NO/c1-13(6-7-13)14(2,16)11-3-4-12-10(9-11)5-8-15-12/h3-5,8-9,15-16H,6-7H2,1-2H3. The Balaban J connectivity index is 2.11. The molecule has 1 heterocycles. The van der Waals surface area contributed by atoms with Gasteiger partial charge in [-0.1, -0.05) is 13.0 Å². The summed E-state index contributed by atoms with van der Waals surface area (Å²) in [4.78, 5) is 3.17. The lowest BCUT2D eigenvalue weighted by molar-refractivity contribution is -0.0125. The minimum atomic E-state index is -0.710. The molecule has 3 rings (SSSR count). The molecule has 2 heteroatoms. The normalized spacial score (nSPS) is 21.9. The second kappa shape index (κ2) is 2.89. The summed E-state index contributed by atoms with van der Waals surface area (Å²) in [5.41, 5.74) is 1.51. The third-order valence-corrected chi connectivity index (χ3v) is 4.29. The Labute approximate surface area is 95.3 Å². The van der Waals surface area contributed by atoms with E-state index in [4.69, 9.17) is 0 Å². The first-order chi connectivity index (χ1) is 7.53. The Morgan fingerprint density at radius 2 is 2.06 bits per heavy atom. The minimum Gasteiger partial charge on any atom is -0.385 e. The zero-order valence-corrected chi connectivity index (χ0v) is 9.75. The van der Waals surface area contributed by atoms with Crippen LogP contribution in [0.2, 0.25) is 0 Å². The van der Waals surface area contributed by atoms with E-state index in [0.29, 0.717) is 0 Å². The second-order valence-electron chi connectivity index (χ2n) is 5.41. The molecule has 1 fully saturated rings. The molecule has 0 radical (unpaired) electrons. The van der Waals surface area contributed by atoms with Gasteiger partial charge in [0, 0.05) is 17.1 Å². The second-order valence-corrected chi connectivity index (χ2v) is 5.41. The lowest BCUT2D eigenvalue weighted by Gasteiger charge is -2.31. The first-order valence-electron chi connectivity index (χ1n) is 5.83. The largest absolute Gasteiger partial charge is 0.385 e. The van der Waals surface area contributed by atoms with Gasteiger partial charge in [0.05, 0.1) is 5.60 Å². The van der Waals surface area contributed by atoms with Gasteiger partial charge in [0.1, 0.15) is 0 Å². The molecule has 1 aromatic heterocycles. The lowest BCUT2D eigenvalue weighted by Crippen LogP contribution is -2.31. The number of hydrogen-bond acceptors (Lipinski definition) is 1. The number of H-pyrrole nitrogens is 1. The number of rotatable bonds is 2. The summed E-state index contributed by atoms with van der Waals surface area (Å²) in [5.74, 6) is 0. The zero-order chi connectivity index (χ0) is 11.4. The molecule has 0 saturated heterocycles. The van der Waals surface area contributed by atoms with E-state index in [-0.39, 0.29) is 5.41 Å². The summed E-state index contributed by atoms with van der Waals surface area (Å²) in [6.45, 7) is 4.10. The predicted octanol–water partition coefficient (Wildman–Crippen LogP) is 3.18. The molecular weight excluding hydrogens is 198 g/mol. The van der Waals surface area contributed by atoms with Crippen LogP contribution in [0.5, 0.6) is 0 Å². The first kappa shape index (κ1) is 9.91. The SMILES string of the molecule is CC1(C(C)(O)c2ccc3[nH]ccc3c2)CC1. The number of hydrogen-bond donors (Lipinski definition) is 2. The molecule has 84 valence electrons. The summed E-state index contributed by atoms with van der Waals surface area (Å²) >= 11 is 0. The summed E-state index contributed by atoms with van der Waals surface area (Å²) < 4.78 is 0. The number of nitrogens with one attached hydrogen (secondary N) is 1. The molecule has 0 spiro atoms. The van der Waals surface area contributed by atoms with Crippen LogP contribution in [0.3, 0.4) is 0 Å². The first-order valence-corrected chi connectivity index (χ1v) is 5.83. The van der Waals surface area contributed by atoms with E-state index in [0.717, 1.165) is 23.9 Å². The molecule has 1 aliphatic rings. The fraction of sp³-hybridized carbons (Fsp3) is 0.429. The molecular formula is C14H17NO. The molecule has 2 aromatic rings. The zero-order valence-electron chi connectivity index (χ0n) is 9.75. The van der Waals surface area contributed by atoms with E-state index >= 15 is 0 Å². The average Bonchev–Trinajstić information content (AvgIpc) is 2.86. The number of fused-ring (bicyclic) bond motifs is 1. The van der Waals surface area contributed by atoms with E-state index in [1.54, 1.807) is 0 Å². The van der Waals surface area contributed by atoms with Gasteiger partial charge in [-0.2, -0.15) is 0 Å². The van der Waals surface area contributed by atoms with Gasteiger partial charge >= 0.3 is 0 Å². The van der Waals surface area contributed by atoms with E-state index in [2.05, 4.69) is 18.0 Å². The van der Waals surface area contributed by atoms with Gasteiger partial charge in [-0.15, -0.1) is 0 Å². The van der Waals surface area contributed by atoms with Crippen molar-refractivity contribution < 1.29 is 5.11 Å². The Hall–Kier alpha value is -1.28. The Morgan fingerprint density at radius 1 is 1.31 bits per heavy atom. The molecule has 0 aliphatic heterocycles. The quantitative estimate of drug-likeness (QED) is 0.793. The van der Waals surface area contributed by atoms with Gasteiger partial charge in [0.25, 0.3) is 0 Å². The van der Waals surface area contributed by atoms with E-state index in [1.165, 1.54) is 5.39 Å². The molecule has 2 N–H and O–H groups in total. The smallest absolute Gasteiger partial charge is 0.0922 e. The maximum Gasteiger partial charge on any atom is 0.0922 e. The number of aliphatic hydroxyl groups is 1. The molecule has 1 atom stereocenters. The fourth-order valence-corrected chi connectivity index (χ4v) is 2.38. The third-order valence-electron chi connectivity index (χ3n) is 4.29. The maximum absolute atomic E-state index is 10.7. The summed E-state index contributed by atoms with van der Waals surface area (Å²) in [6.07, 6.45) is 4.17. The molecule has 16 heavy (non-hydrogen) atoms. The molecule has 1 saturated carbocycles. The Bertz CT molecular complexity index is 534. The van der Waals surface area contributed by atoms with Crippen LogP contribution in [-0.2, 0) is 5.60 Å². The highest BCUT2D eigenvalue weighted by Crippen LogP contribution is 2.57. The van der Waals surface area contributed by atoms with Crippen molar-refractivity contribution in [3.05, 3.63) is 36.0 Å². The van der Waals surface area contributed by atoms with Crippen molar-refractivity contribution in [2.45, 2.75) is 32.3 Å². The highest BCUT2D eigenvalue weighted by atomic mass is 16.3. The van der Waals surface area contributed by atoms with E-state index < -0.39 is 5.60 Å². The van der Waals surface area contributed by atoms with Crippen LogP contribution < -0.4 is 0 Å². The molecule has 2 nitrogen and oxygen atoms in total. The van der Waals surface area contributed by atoms with Crippen molar-refractivity contribution in [2.75, 3.05) is 0 Å². The monoisotopic (exact) mass is 215 g/mol. The van der Waals surface area contributed by atoms with Gasteiger partial charge in [-0.05, 0) is 48.9 Å². The number of aromatic nitrogens is 1. The van der Waals surface area contributed by atoms with E-state index in [1.807, 2.05) is 31.3 Å². The fourth-order valence-electron chi connectivity index (χ4n) is 2.38. The topological polar surface area (TPSA) is 36.0 Å². The van der Waals surface area contributed by atoms with Crippen molar-refractivity contribution in [1.82, 2.24) is 4.98 Å². The van der Waals surface area contributed by atoms with Gasteiger partial charge in [0.2, 0.25) is 0 Å². The predicted molar refractivity (Wildman–Crippen MR) is 65.2 cm³/mol.